The molecule has 2 atom stereocenters. The Hall–Kier alpha value is -2.44. The van der Waals surface area contributed by atoms with Crippen molar-refractivity contribution in [3.05, 3.63) is 47.5 Å². The van der Waals surface area contributed by atoms with E-state index in [4.69, 9.17) is 18.9 Å². The zero-order valence-corrected chi connectivity index (χ0v) is 14.4. The molecule has 2 N–H and O–H groups in total. The molecule has 2 heterocycles. The van der Waals surface area contributed by atoms with E-state index < -0.39 is 0 Å². The average Bonchev–Trinajstić information content (AvgIpc) is 3.32. The zero-order chi connectivity index (χ0) is 17.9. The highest BCUT2D eigenvalue weighted by molar-refractivity contribution is 5.48. The summed E-state index contributed by atoms with van der Waals surface area (Å²) in [7, 11) is 0. The van der Waals surface area contributed by atoms with Crippen molar-refractivity contribution < 1.29 is 29.2 Å². The Labute approximate surface area is 151 Å². The van der Waals surface area contributed by atoms with Crippen LogP contribution in [0.1, 0.15) is 35.8 Å². The number of ether oxygens (including phenoxy) is 4. The van der Waals surface area contributed by atoms with Crippen molar-refractivity contribution in [1.29, 1.82) is 0 Å². The van der Waals surface area contributed by atoms with E-state index in [-0.39, 0.29) is 38.6 Å². The van der Waals surface area contributed by atoms with Gasteiger partial charge in [0.15, 0.2) is 23.0 Å². The Morgan fingerprint density at radius 2 is 1.08 bits per heavy atom. The van der Waals surface area contributed by atoms with Crippen LogP contribution in [0.2, 0.25) is 0 Å². The standard InChI is InChI=1S/C20H22O6/c21-7-5-15(13-1-3-17-19(9-13)25-11-23-17)16(6-8-22)14-2-4-18-20(10-14)26-12-24-18/h1-4,9-10,15-16,21-22H,5-8,11-12H2/t15-,16-/m0/s1. The molecule has 0 saturated heterocycles. The normalized spacial score (nSPS) is 16.5. The van der Waals surface area contributed by atoms with Gasteiger partial charge in [-0.15, -0.1) is 0 Å². The third kappa shape index (κ3) is 3.18. The van der Waals surface area contributed by atoms with Gasteiger partial charge < -0.3 is 29.2 Å². The molecule has 0 bridgehead atoms. The van der Waals surface area contributed by atoms with Crippen LogP contribution in [-0.4, -0.2) is 37.0 Å². The summed E-state index contributed by atoms with van der Waals surface area (Å²) in [6.07, 6.45) is 1.16. The minimum atomic E-state index is 0.0296. The van der Waals surface area contributed by atoms with E-state index >= 15 is 0 Å². The molecule has 6 nitrogen and oxygen atoms in total. The number of aliphatic hydroxyl groups is 2. The van der Waals surface area contributed by atoms with Crippen molar-refractivity contribution in [3.63, 3.8) is 0 Å². The number of hydrogen-bond donors (Lipinski definition) is 2. The van der Waals surface area contributed by atoms with Crippen LogP contribution in [0.3, 0.4) is 0 Å². The first-order valence-electron chi connectivity index (χ1n) is 8.81. The molecular formula is C20H22O6. The maximum atomic E-state index is 9.65. The van der Waals surface area contributed by atoms with Crippen molar-refractivity contribution in [2.45, 2.75) is 24.7 Å². The van der Waals surface area contributed by atoms with Crippen molar-refractivity contribution in [1.82, 2.24) is 0 Å². The van der Waals surface area contributed by atoms with Gasteiger partial charge in [0.1, 0.15) is 0 Å². The van der Waals surface area contributed by atoms with E-state index in [1.165, 1.54) is 0 Å². The first kappa shape index (κ1) is 17.0. The topological polar surface area (TPSA) is 77.4 Å². The van der Waals surface area contributed by atoms with Gasteiger partial charge in [-0.3, -0.25) is 0 Å². The molecule has 0 fully saturated rings. The fourth-order valence-electron chi connectivity index (χ4n) is 3.77. The van der Waals surface area contributed by atoms with E-state index in [9.17, 15) is 10.2 Å². The van der Waals surface area contributed by atoms with Crippen LogP contribution in [0.25, 0.3) is 0 Å². The van der Waals surface area contributed by atoms with E-state index in [2.05, 4.69) is 0 Å². The number of rotatable bonds is 7. The Morgan fingerprint density at radius 3 is 1.50 bits per heavy atom. The first-order valence-corrected chi connectivity index (χ1v) is 8.81. The van der Waals surface area contributed by atoms with Gasteiger partial charge in [-0.05, 0) is 60.1 Å². The highest BCUT2D eigenvalue weighted by Gasteiger charge is 2.27. The quantitative estimate of drug-likeness (QED) is 0.793. The van der Waals surface area contributed by atoms with Gasteiger partial charge in [-0.25, -0.2) is 0 Å². The summed E-state index contributed by atoms with van der Waals surface area (Å²) in [5.41, 5.74) is 2.11. The summed E-state index contributed by atoms with van der Waals surface area (Å²) >= 11 is 0. The molecule has 2 aliphatic rings. The summed E-state index contributed by atoms with van der Waals surface area (Å²) in [5.74, 6) is 2.97. The van der Waals surface area contributed by atoms with E-state index in [0.29, 0.717) is 12.8 Å². The Balaban J connectivity index is 1.69. The van der Waals surface area contributed by atoms with E-state index in [1.54, 1.807) is 0 Å². The minimum Gasteiger partial charge on any atom is -0.454 e. The second kappa shape index (κ2) is 7.43. The molecule has 0 unspecified atom stereocenters. The van der Waals surface area contributed by atoms with Crippen molar-refractivity contribution in [2.75, 3.05) is 26.8 Å². The second-order valence-electron chi connectivity index (χ2n) is 6.46. The average molecular weight is 358 g/mol. The lowest BCUT2D eigenvalue weighted by Gasteiger charge is -2.27. The lowest BCUT2D eigenvalue weighted by Crippen LogP contribution is -2.15. The summed E-state index contributed by atoms with van der Waals surface area (Å²) in [4.78, 5) is 0. The smallest absolute Gasteiger partial charge is 0.231 e. The predicted molar refractivity (Wildman–Crippen MR) is 94.0 cm³/mol. The van der Waals surface area contributed by atoms with Crippen LogP contribution < -0.4 is 18.9 Å². The molecule has 4 rings (SSSR count). The van der Waals surface area contributed by atoms with Crippen LogP contribution in [-0.2, 0) is 0 Å². The van der Waals surface area contributed by atoms with Crippen molar-refractivity contribution in [3.8, 4) is 23.0 Å². The molecule has 138 valence electrons. The molecule has 2 aromatic carbocycles. The van der Waals surface area contributed by atoms with Crippen LogP contribution >= 0.6 is 0 Å². The van der Waals surface area contributed by atoms with Gasteiger partial charge in [-0.2, -0.15) is 0 Å². The molecular weight excluding hydrogens is 336 g/mol. The van der Waals surface area contributed by atoms with Crippen LogP contribution in [0, 0.1) is 0 Å². The molecule has 2 aliphatic heterocycles. The Morgan fingerprint density at radius 1 is 0.654 bits per heavy atom. The second-order valence-corrected chi connectivity index (χ2v) is 6.46. The number of aliphatic hydroxyl groups excluding tert-OH is 2. The molecule has 0 amide bonds. The van der Waals surface area contributed by atoms with Crippen LogP contribution in [0.5, 0.6) is 23.0 Å². The summed E-state index contributed by atoms with van der Waals surface area (Å²) in [6, 6.07) is 11.8. The predicted octanol–water partition coefficient (Wildman–Crippen LogP) is 2.78. The van der Waals surface area contributed by atoms with Crippen molar-refractivity contribution in [2.24, 2.45) is 0 Å². The summed E-state index contributed by atoms with van der Waals surface area (Å²) in [5, 5.41) is 19.3. The van der Waals surface area contributed by atoms with E-state index in [1.807, 2.05) is 36.4 Å². The van der Waals surface area contributed by atoms with Gasteiger partial charge in [0.25, 0.3) is 0 Å². The molecule has 0 aromatic heterocycles. The van der Waals surface area contributed by atoms with Gasteiger partial charge in [0.2, 0.25) is 13.6 Å². The number of hydrogen-bond acceptors (Lipinski definition) is 6. The maximum Gasteiger partial charge on any atom is 0.231 e. The molecule has 2 aromatic rings. The third-order valence-corrected chi connectivity index (χ3v) is 5.02. The highest BCUT2D eigenvalue weighted by Crippen LogP contribution is 2.44. The molecule has 26 heavy (non-hydrogen) atoms. The Kier molecular flexibility index (Phi) is 4.86. The molecule has 0 saturated carbocycles. The fourth-order valence-corrected chi connectivity index (χ4v) is 3.77. The lowest BCUT2D eigenvalue weighted by atomic mass is 9.77. The van der Waals surface area contributed by atoms with Crippen molar-refractivity contribution >= 4 is 0 Å². The molecule has 0 aliphatic carbocycles. The van der Waals surface area contributed by atoms with Crippen LogP contribution in [0.4, 0.5) is 0 Å². The highest BCUT2D eigenvalue weighted by atomic mass is 16.7. The minimum absolute atomic E-state index is 0.0296. The number of benzene rings is 2. The summed E-state index contributed by atoms with van der Waals surface area (Å²) < 4.78 is 21.8. The van der Waals surface area contributed by atoms with Gasteiger partial charge in [0.05, 0.1) is 0 Å². The number of fused-ring (bicyclic) bond motifs is 2. The molecule has 0 radical (unpaired) electrons. The fraction of sp³-hybridized carbons (Fsp3) is 0.400. The molecule has 6 heteroatoms. The van der Waals surface area contributed by atoms with Gasteiger partial charge in [0, 0.05) is 13.2 Å². The largest absolute Gasteiger partial charge is 0.454 e. The monoisotopic (exact) mass is 358 g/mol. The third-order valence-electron chi connectivity index (χ3n) is 5.02. The zero-order valence-electron chi connectivity index (χ0n) is 14.4. The van der Waals surface area contributed by atoms with Gasteiger partial charge in [-0.1, -0.05) is 12.1 Å². The SMILES string of the molecule is OCC[C@@H](c1ccc2c(c1)OCO2)[C@@H](CCO)c1ccc2c(c1)OCO2. The van der Waals surface area contributed by atoms with Gasteiger partial charge >= 0.3 is 0 Å². The molecule has 0 spiro atoms. The van der Waals surface area contributed by atoms with Crippen LogP contribution in [0.15, 0.2) is 36.4 Å². The Bertz CT molecular complexity index is 709. The lowest BCUT2D eigenvalue weighted by molar-refractivity contribution is 0.173. The summed E-state index contributed by atoms with van der Waals surface area (Å²) in [6.45, 7) is 0.578. The first-order chi connectivity index (χ1) is 12.8. The van der Waals surface area contributed by atoms with E-state index in [0.717, 1.165) is 34.1 Å². The maximum absolute atomic E-state index is 9.65.